The normalized spacial score (nSPS) is 12.2. The molecule has 1 aromatic heterocycles. The highest BCUT2D eigenvalue weighted by atomic mass is 32.1. The average molecular weight is 276 g/mol. The number of nitrogens with one attached hydrogen (secondary N) is 1. The van der Waals surface area contributed by atoms with Crippen molar-refractivity contribution < 1.29 is 4.79 Å². The number of hydrogen-bond donors (Lipinski definition) is 2. The second-order valence-electron chi connectivity index (χ2n) is 3.52. The van der Waals surface area contributed by atoms with Crippen LogP contribution in [0.2, 0.25) is 0 Å². The third-order valence-electron chi connectivity index (χ3n) is 2.21. The molecule has 7 nitrogen and oxygen atoms in total. The third-order valence-corrected chi connectivity index (χ3v) is 3.14. The van der Waals surface area contributed by atoms with Gasteiger partial charge in [-0.15, -0.1) is 0 Å². The molecule has 0 aliphatic rings. The van der Waals surface area contributed by atoms with Gasteiger partial charge in [-0.3, -0.25) is 10.1 Å². The number of hydrogen-bond acceptors (Lipinski definition) is 5. The van der Waals surface area contributed by atoms with Crippen molar-refractivity contribution in [2.75, 3.05) is 0 Å². The maximum Gasteiger partial charge on any atom is 0.253 e. The van der Waals surface area contributed by atoms with Crippen molar-refractivity contribution in [3.63, 3.8) is 0 Å². The summed E-state index contributed by atoms with van der Waals surface area (Å²) >= 11 is 1.39. The van der Waals surface area contributed by atoms with Gasteiger partial charge in [0.1, 0.15) is 0 Å². The van der Waals surface area contributed by atoms with Crippen LogP contribution in [-0.2, 0) is 4.79 Å². The second-order valence-corrected chi connectivity index (χ2v) is 4.53. The van der Waals surface area contributed by atoms with Crippen LogP contribution in [0, 0.1) is 0 Å². The Kier molecular flexibility index (Phi) is 4.14. The van der Waals surface area contributed by atoms with E-state index in [0.29, 0.717) is 11.6 Å². The standard InChI is InChI=1S/C11H12N6OS/c1-2-9(18)14-10(16-17-12)15-11-13-7-5-3-4-6-8(7)19-11/h3-6H,2H2,1H3,(H3,12,13,14,15,16,18). The lowest BCUT2D eigenvalue weighted by atomic mass is 10.3. The Bertz CT molecular complexity index is 614. The molecule has 1 heterocycles. The number of thiazole rings is 1. The molecule has 0 radical (unpaired) electrons. The van der Waals surface area contributed by atoms with Crippen molar-refractivity contribution >= 4 is 38.6 Å². The number of para-hydroxylation sites is 1. The lowest BCUT2D eigenvalue weighted by molar-refractivity contribution is -0.119. The minimum absolute atomic E-state index is 0.0356. The Balaban J connectivity index is 2.31. The summed E-state index contributed by atoms with van der Waals surface area (Å²) in [6, 6.07) is 7.66. The number of nitrogens with zero attached hydrogens (tertiary/aromatic N) is 4. The highest BCUT2D eigenvalue weighted by Gasteiger charge is 2.06. The molecular formula is C11H12N6OS. The molecule has 98 valence electrons. The van der Waals surface area contributed by atoms with Gasteiger partial charge >= 0.3 is 0 Å². The number of amides is 1. The quantitative estimate of drug-likeness (QED) is 0.288. The molecule has 0 spiro atoms. The molecule has 8 heteroatoms. The second kappa shape index (κ2) is 6.01. The van der Waals surface area contributed by atoms with Crippen LogP contribution in [0.15, 0.2) is 39.6 Å². The minimum Gasteiger partial charge on any atom is -0.304 e. The Morgan fingerprint density at radius 3 is 2.95 bits per heavy atom. The number of rotatable bonds is 2. The van der Waals surface area contributed by atoms with Gasteiger partial charge in [-0.1, -0.05) is 40.7 Å². The summed E-state index contributed by atoms with van der Waals surface area (Å²) in [4.78, 5) is 19.7. The summed E-state index contributed by atoms with van der Waals surface area (Å²) in [5.41, 5.74) is 0.845. The third kappa shape index (κ3) is 3.32. The lowest BCUT2D eigenvalue weighted by Gasteiger charge is -1.99. The molecule has 0 atom stereocenters. The molecule has 0 unspecified atom stereocenters. The van der Waals surface area contributed by atoms with Crippen molar-refractivity contribution in [1.29, 1.82) is 0 Å². The number of benzene rings is 1. The first-order valence-electron chi connectivity index (χ1n) is 5.58. The molecule has 0 aliphatic carbocycles. The summed E-state index contributed by atoms with van der Waals surface area (Å²) < 4.78 is 1.01. The van der Waals surface area contributed by atoms with E-state index in [1.807, 2.05) is 24.3 Å². The van der Waals surface area contributed by atoms with E-state index >= 15 is 0 Å². The molecule has 2 aromatic rings. The van der Waals surface area contributed by atoms with Gasteiger partial charge in [0.25, 0.3) is 5.96 Å². The van der Waals surface area contributed by atoms with Crippen molar-refractivity contribution in [1.82, 2.24) is 10.3 Å². The smallest absolute Gasteiger partial charge is 0.253 e. The van der Waals surface area contributed by atoms with E-state index in [-0.39, 0.29) is 11.9 Å². The fourth-order valence-corrected chi connectivity index (χ4v) is 2.18. The van der Waals surface area contributed by atoms with E-state index in [9.17, 15) is 4.79 Å². The zero-order valence-corrected chi connectivity index (χ0v) is 11.0. The van der Waals surface area contributed by atoms with E-state index in [1.54, 1.807) is 6.92 Å². The molecule has 1 aromatic carbocycles. The topological polar surface area (TPSA) is 105 Å². The van der Waals surface area contributed by atoms with E-state index in [1.165, 1.54) is 11.3 Å². The minimum atomic E-state index is -0.215. The molecule has 0 bridgehead atoms. The molecule has 1 amide bonds. The molecule has 0 fully saturated rings. The van der Waals surface area contributed by atoms with Gasteiger partial charge in [0.05, 0.1) is 10.2 Å². The molecule has 19 heavy (non-hydrogen) atoms. The highest BCUT2D eigenvalue weighted by Crippen LogP contribution is 2.27. The van der Waals surface area contributed by atoms with Crippen molar-refractivity contribution in [3.8, 4) is 0 Å². The Hall–Kier alpha value is -2.35. The largest absolute Gasteiger partial charge is 0.304 e. The van der Waals surface area contributed by atoms with Crippen LogP contribution in [0.1, 0.15) is 13.3 Å². The van der Waals surface area contributed by atoms with Crippen molar-refractivity contribution in [2.24, 2.45) is 21.2 Å². The van der Waals surface area contributed by atoms with Crippen molar-refractivity contribution in [3.05, 3.63) is 24.3 Å². The van der Waals surface area contributed by atoms with Crippen LogP contribution in [0.5, 0.6) is 0 Å². The fourth-order valence-electron chi connectivity index (χ4n) is 1.34. The van der Waals surface area contributed by atoms with Gasteiger partial charge in [0.15, 0.2) is 0 Å². The molecular weight excluding hydrogens is 264 g/mol. The van der Waals surface area contributed by atoms with Gasteiger partial charge in [0.2, 0.25) is 11.0 Å². The maximum absolute atomic E-state index is 11.3. The Labute approximate surface area is 113 Å². The summed E-state index contributed by atoms with van der Waals surface area (Å²) in [6.07, 6.45) is 0.318. The number of aliphatic imine (C=N–C) groups is 1. The van der Waals surface area contributed by atoms with E-state index in [2.05, 4.69) is 25.6 Å². The lowest BCUT2D eigenvalue weighted by Crippen LogP contribution is -2.28. The van der Waals surface area contributed by atoms with Gasteiger partial charge in [-0.2, -0.15) is 4.99 Å². The van der Waals surface area contributed by atoms with Crippen LogP contribution in [-0.4, -0.2) is 16.9 Å². The SMILES string of the molecule is CCC(=O)NC(N=NN)=Nc1nc2ccccc2s1. The van der Waals surface area contributed by atoms with Gasteiger partial charge < -0.3 is 5.84 Å². The monoisotopic (exact) mass is 276 g/mol. The van der Waals surface area contributed by atoms with Gasteiger partial charge in [0, 0.05) is 6.42 Å². The van der Waals surface area contributed by atoms with Crippen molar-refractivity contribution in [2.45, 2.75) is 13.3 Å². The number of nitrogens with two attached hydrogens (primary N) is 1. The number of aromatic nitrogens is 1. The van der Waals surface area contributed by atoms with Gasteiger partial charge in [-0.05, 0) is 12.1 Å². The highest BCUT2D eigenvalue weighted by molar-refractivity contribution is 7.22. The zero-order valence-electron chi connectivity index (χ0n) is 10.2. The van der Waals surface area contributed by atoms with Crippen LogP contribution in [0.3, 0.4) is 0 Å². The predicted octanol–water partition coefficient (Wildman–Crippen LogP) is 2.14. The predicted molar refractivity (Wildman–Crippen MR) is 74.2 cm³/mol. The first kappa shape index (κ1) is 13.1. The number of fused-ring (bicyclic) bond motifs is 1. The molecule has 2 rings (SSSR count). The maximum atomic E-state index is 11.3. The van der Waals surface area contributed by atoms with E-state index in [0.717, 1.165) is 10.2 Å². The fraction of sp³-hybridized carbons (Fsp3) is 0.182. The molecule has 0 saturated carbocycles. The van der Waals surface area contributed by atoms with Crippen LogP contribution >= 0.6 is 11.3 Å². The van der Waals surface area contributed by atoms with Crippen LogP contribution < -0.4 is 11.2 Å². The molecule has 0 saturated heterocycles. The van der Waals surface area contributed by atoms with Gasteiger partial charge in [-0.25, -0.2) is 4.98 Å². The summed E-state index contributed by atoms with van der Waals surface area (Å²) in [6.45, 7) is 1.73. The average Bonchev–Trinajstić information content (AvgIpc) is 2.80. The van der Waals surface area contributed by atoms with E-state index in [4.69, 9.17) is 5.84 Å². The first-order valence-corrected chi connectivity index (χ1v) is 6.39. The summed E-state index contributed by atoms with van der Waals surface area (Å²) in [7, 11) is 0. The van der Waals surface area contributed by atoms with Crippen LogP contribution in [0.4, 0.5) is 5.13 Å². The zero-order chi connectivity index (χ0) is 13.7. The number of carbonyl (C=O) groups is 1. The number of carbonyl (C=O) groups excluding carboxylic acids is 1. The Morgan fingerprint density at radius 1 is 1.47 bits per heavy atom. The summed E-state index contributed by atoms with van der Waals surface area (Å²) in [5.74, 6) is 4.80. The van der Waals surface area contributed by atoms with Crippen LogP contribution in [0.25, 0.3) is 10.2 Å². The van der Waals surface area contributed by atoms with E-state index < -0.39 is 0 Å². The molecule has 3 N–H and O–H groups in total. The molecule has 0 aliphatic heterocycles. The Morgan fingerprint density at radius 2 is 2.26 bits per heavy atom. The summed E-state index contributed by atoms with van der Waals surface area (Å²) in [5, 5.41) is 9.68. The first-order chi connectivity index (χ1) is 9.22. The number of guanidine groups is 1.